The average Bonchev–Trinajstić information content (AvgIpc) is 2.61. The molecule has 118 valence electrons. The van der Waals surface area contributed by atoms with Gasteiger partial charge in [0.2, 0.25) is 0 Å². The van der Waals surface area contributed by atoms with E-state index in [9.17, 15) is 18.3 Å². The van der Waals surface area contributed by atoms with Crippen LogP contribution in [0.2, 0.25) is 0 Å². The zero-order chi connectivity index (χ0) is 16.5. The van der Waals surface area contributed by atoms with Crippen molar-refractivity contribution in [1.29, 1.82) is 5.26 Å². The van der Waals surface area contributed by atoms with Gasteiger partial charge in [0.05, 0.1) is 11.8 Å². The fourth-order valence-electron chi connectivity index (χ4n) is 2.38. The van der Waals surface area contributed by atoms with Crippen molar-refractivity contribution in [3.05, 3.63) is 23.8 Å². The second-order valence-electron chi connectivity index (χ2n) is 6.04. The van der Waals surface area contributed by atoms with Crippen LogP contribution in [0.1, 0.15) is 25.8 Å². The summed E-state index contributed by atoms with van der Waals surface area (Å²) in [5.41, 5.74) is 0.595. The Hall–Kier alpha value is -2.27. The van der Waals surface area contributed by atoms with Crippen LogP contribution in [0.4, 0.5) is 5.69 Å². The second-order valence-corrected chi connectivity index (χ2v) is 7.63. The number of amides is 1. The Kier molecular flexibility index (Phi) is 4.02. The van der Waals surface area contributed by atoms with E-state index in [1.54, 1.807) is 6.07 Å². The zero-order valence-corrected chi connectivity index (χ0v) is 13.1. The number of nitrogens with zero attached hydrogens (tertiary/aromatic N) is 2. The molecule has 1 fully saturated rings. The molecule has 1 aliphatic heterocycles. The molecule has 1 aliphatic rings. The van der Waals surface area contributed by atoms with Crippen LogP contribution in [0, 0.1) is 16.7 Å². The van der Waals surface area contributed by atoms with E-state index in [0.29, 0.717) is 12.8 Å². The van der Waals surface area contributed by atoms with Gasteiger partial charge in [0, 0.05) is 6.42 Å². The van der Waals surface area contributed by atoms with E-state index in [4.69, 9.17) is 5.26 Å². The van der Waals surface area contributed by atoms with Crippen LogP contribution in [0.5, 0.6) is 5.75 Å². The minimum atomic E-state index is -3.94. The van der Waals surface area contributed by atoms with Gasteiger partial charge < -0.3 is 5.11 Å². The number of carbonyl (C=O) groups excluding carboxylic acids is 1. The topological polar surface area (TPSA) is 111 Å². The number of hydrogen-bond acceptors (Lipinski definition) is 5. The number of benzene rings is 1. The molecule has 0 spiro atoms. The standard InChI is InChI=1S/C14H17N3O4S/c1-14(2,5-6-15)8-10-3-4-11(12(18)7-10)17-9-13(19)16-22(17,20)21/h3-4,7,18H,5,8-9H2,1-2H3,(H,16,19). The van der Waals surface area contributed by atoms with Gasteiger partial charge in [-0.05, 0) is 29.5 Å². The van der Waals surface area contributed by atoms with Crippen LogP contribution in [-0.4, -0.2) is 26.0 Å². The molecule has 2 rings (SSSR count). The quantitative estimate of drug-likeness (QED) is 0.860. The van der Waals surface area contributed by atoms with Crippen molar-refractivity contribution in [1.82, 2.24) is 4.72 Å². The van der Waals surface area contributed by atoms with Gasteiger partial charge in [-0.25, -0.2) is 9.03 Å². The summed E-state index contributed by atoms with van der Waals surface area (Å²) < 4.78 is 26.2. The number of phenols is 1. The van der Waals surface area contributed by atoms with E-state index in [-0.39, 0.29) is 23.4 Å². The summed E-state index contributed by atoms with van der Waals surface area (Å²) in [5, 5.41) is 18.9. The molecule has 2 N–H and O–H groups in total. The molecule has 1 saturated heterocycles. The highest BCUT2D eigenvalue weighted by molar-refractivity contribution is 7.92. The van der Waals surface area contributed by atoms with Crippen LogP contribution in [0.25, 0.3) is 0 Å². The maximum atomic E-state index is 11.8. The summed E-state index contributed by atoms with van der Waals surface area (Å²) in [4.78, 5) is 11.2. The molecule has 0 saturated carbocycles. The Bertz CT molecular complexity index is 750. The van der Waals surface area contributed by atoms with Crippen molar-refractivity contribution in [3.63, 3.8) is 0 Å². The molecule has 7 nitrogen and oxygen atoms in total. The zero-order valence-electron chi connectivity index (χ0n) is 12.3. The lowest BCUT2D eigenvalue weighted by Gasteiger charge is -2.22. The molecule has 1 amide bonds. The Morgan fingerprint density at radius 3 is 2.64 bits per heavy atom. The predicted octanol–water partition coefficient (Wildman–Crippen LogP) is 1.06. The summed E-state index contributed by atoms with van der Waals surface area (Å²) in [6.45, 7) is 3.53. The van der Waals surface area contributed by atoms with Crippen LogP contribution >= 0.6 is 0 Å². The van der Waals surface area contributed by atoms with Gasteiger partial charge >= 0.3 is 10.2 Å². The van der Waals surface area contributed by atoms with E-state index < -0.39 is 16.1 Å². The highest BCUT2D eigenvalue weighted by Gasteiger charge is 2.35. The van der Waals surface area contributed by atoms with Crippen LogP contribution in [0.15, 0.2) is 18.2 Å². The minimum absolute atomic E-state index is 0.0557. The van der Waals surface area contributed by atoms with E-state index in [1.165, 1.54) is 12.1 Å². The molecule has 0 unspecified atom stereocenters. The number of hydrogen-bond donors (Lipinski definition) is 2. The monoisotopic (exact) mass is 323 g/mol. The first-order chi connectivity index (χ1) is 10.1. The molecule has 0 aromatic heterocycles. The molecular formula is C14H17N3O4S. The highest BCUT2D eigenvalue weighted by Crippen LogP contribution is 2.34. The fraction of sp³-hybridized carbons (Fsp3) is 0.429. The molecule has 1 aromatic carbocycles. The van der Waals surface area contributed by atoms with Crippen molar-refractivity contribution >= 4 is 21.8 Å². The number of aromatic hydroxyl groups is 1. The lowest BCUT2D eigenvalue weighted by Crippen LogP contribution is -2.29. The third-order valence-corrected chi connectivity index (χ3v) is 4.76. The normalized spacial score (nSPS) is 17.1. The van der Waals surface area contributed by atoms with Gasteiger partial charge in [-0.1, -0.05) is 19.9 Å². The number of carbonyl (C=O) groups is 1. The minimum Gasteiger partial charge on any atom is -0.506 e. The Balaban J connectivity index is 2.28. The molecular weight excluding hydrogens is 306 g/mol. The number of phenolic OH excluding ortho intramolecular Hbond substituents is 1. The molecule has 0 atom stereocenters. The number of anilines is 1. The lowest BCUT2D eigenvalue weighted by molar-refractivity contribution is -0.117. The first-order valence-electron chi connectivity index (χ1n) is 6.67. The third-order valence-electron chi connectivity index (χ3n) is 3.37. The van der Waals surface area contributed by atoms with E-state index in [1.807, 2.05) is 18.6 Å². The van der Waals surface area contributed by atoms with Crippen molar-refractivity contribution in [2.45, 2.75) is 26.7 Å². The van der Waals surface area contributed by atoms with Crippen molar-refractivity contribution in [2.75, 3.05) is 10.8 Å². The first kappa shape index (κ1) is 16.1. The molecule has 0 radical (unpaired) electrons. The summed E-state index contributed by atoms with van der Waals surface area (Å²) in [6, 6.07) is 6.73. The molecule has 0 aliphatic carbocycles. The smallest absolute Gasteiger partial charge is 0.326 e. The maximum Gasteiger partial charge on any atom is 0.326 e. The van der Waals surface area contributed by atoms with Crippen molar-refractivity contribution < 1.29 is 18.3 Å². The van der Waals surface area contributed by atoms with Crippen molar-refractivity contribution in [2.24, 2.45) is 5.41 Å². The molecule has 1 heterocycles. The Morgan fingerprint density at radius 2 is 2.14 bits per heavy atom. The van der Waals surface area contributed by atoms with Crippen LogP contribution in [0.3, 0.4) is 0 Å². The molecule has 1 aromatic rings. The number of nitrogens with one attached hydrogen (secondary N) is 1. The van der Waals surface area contributed by atoms with Gasteiger partial charge in [0.25, 0.3) is 5.91 Å². The van der Waals surface area contributed by atoms with Gasteiger partial charge in [-0.2, -0.15) is 13.7 Å². The van der Waals surface area contributed by atoms with E-state index in [0.717, 1.165) is 9.87 Å². The summed E-state index contributed by atoms with van der Waals surface area (Å²) in [6.07, 6.45) is 0.937. The van der Waals surface area contributed by atoms with E-state index in [2.05, 4.69) is 6.07 Å². The summed E-state index contributed by atoms with van der Waals surface area (Å²) in [5.74, 6) is -0.857. The Morgan fingerprint density at radius 1 is 1.45 bits per heavy atom. The van der Waals surface area contributed by atoms with Crippen LogP contribution in [-0.2, 0) is 21.4 Å². The van der Waals surface area contributed by atoms with Gasteiger partial charge in [0.1, 0.15) is 12.3 Å². The Labute approximate surface area is 129 Å². The average molecular weight is 323 g/mol. The third kappa shape index (κ3) is 3.31. The maximum absolute atomic E-state index is 11.8. The van der Waals surface area contributed by atoms with E-state index >= 15 is 0 Å². The number of rotatable bonds is 4. The molecule has 0 bridgehead atoms. The fourth-order valence-corrected chi connectivity index (χ4v) is 3.54. The molecule has 8 heteroatoms. The lowest BCUT2D eigenvalue weighted by atomic mass is 9.83. The van der Waals surface area contributed by atoms with Gasteiger partial charge in [0.15, 0.2) is 0 Å². The van der Waals surface area contributed by atoms with Gasteiger partial charge in [-0.3, -0.25) is 4.79 Å². The molecule has 22 heavy (non-hydrogen) atoms. The SMILES string of the molecule is CC(C)(CC#N)Cc1ccc(N2CC(=O)NS2(=O)=O)c(O)c1. The number of nitriles is 1. The largest absolute Gasteiger partial charge is 0.506 e. The van der Waals surface area contributed by atoms with Crippen LogP contribution < -0.4 is 9.03 Å². The summed E-state index contributed by atoms with van der Waals surface area (Å²) >= 11 is 0. The first-order valence-corrected chi connectivity index (χ1v) is 8.11. The summed E-state index contributed by atoms with van der Waals surface area (Å²) in [7, 11) is -3.94. The van der Waals surface area contributed by atoms with Gasteiger partial charge in [-0.15, -0.1) is 0 Å². The second kappa shape index (κ2) is 5.50. The predicted molar refractivity (Wildman–Crippen MR) is 80.2 cm³/mol. The van der Waals surface area contributed by atoms with Crippen molar-refractivity contribution in [3.8, 4) is 11.8 Å². The highest BCUT2D eigenvalue weighted by atomic mass is 32.2.